The molecule has 0 radical (unpaired) electrons. The summed E-state index contributed by atoms with van der Waals surface area (Å²) in [7, 11) is 0. The van der Waals surface area contributed by atoms with Crippen LogP contribution in [0.2, 0.25) is 5.02 Å². The summed E-state index contributed by atoms with van der Waals surface area (Å²) in [6, 6.07) is 10.4. The summed E-state index contributed by atoms with van der Waals surface area (Å²) in [5, 5.41) is 4.28. The van der Waals surface area contributed by atoms with Crippen molar-refractivity contribution >= 4 is 11.6 Å². The number of hydrogen-bond donors (Lipinski definition) is 1. The van der Waals surface area contributed by atoms with E-state index in [1.54, 1.807) is 12.5 Å². The van der Waals surface area contributed by atoms with Crippen molar-refractivity contribution in [3.05, 3.63) is 59.0 Å². The second-order valence-electron chi connectivity index (χ2n) is 4.22. The minimum Gasteiger partial charge on any atom is -0.472 e. The van der Waals surface area contributed by atoms with Crippen molar-refractivity contribution in [1.82, 2.24) is 5.32 Å². The number of benzene rings is 1. The van der Waals surface area contributed by atoms with Gasteiger partial charge in [-0.05, 0) is 37.6 Å². The van der Waals surface area contributed by atoms with Crippen molar-refractivity contribution in [2.75, 3.05) is 0 Å². The zero-order chi connectivity index (χ0) is 12.3. The van der Waals surface area contributed by atoms with Gasteiger partial charge in [0.05, 0.1) is 12.5 Å². The lowest BCUT2D eigenvalue weighted by atomic mass is 10.1. The molecule has 2 aromatic rings. The highest BCUT2D eigenvalue weighted by molar-refractivity contribution is 6.30. The van der Waals surface area contributed by atoms with E-state index in [-0.39, 0.29) is 12.1 Å². The van der Waals surface area contributed by atoms with Gasteiger partial charge in [-0.1, -0.05) is 23.7 Å². The van der Waals surface area contributed by atoms with Gasteiger partial charge in [-0.2, -0.15) is 0 Å². The molecule has 1 N–H and O–H groups in total. The van der Waals surface area contributed by atoms with Crippen molar-refractivity contribution in [1.29, 1.82) is 0 Å². The predicted molar refractivity (Wildman–Crippen MR) is 70.1 cm³/mol. The molecule has 3 heteroatoms. The Morgan fingerprint density at radius 3 is 2.53 bits per heavy atom. The number of rotatable bonds is 4. The largest absolute Gasteiger partial charge is 0.472 e. The Kier molecular flexibility index (Phi) is 3.87. The summed E-state index contributed by atoms with van der Waals surface area (Å²) < 4.78 is 5.08. The minimum atomic E-state index is 0.249. The van der Waals surface area contributed by atoms with Crippen LogP contribution in [0.4, 0.5) is 0 Å². The lowest BCUT2D eigenvalue weighted by Gasteiger charge is -2.19. The molecule has 0 saturated heterocycles. The molecule has 0 fully saturated rings. The summed E-state index contributed by atoms with van der Waals surface area (Å²) in [6.45, 7) is 4.24. The Morgan fingerprint density at radius 2 is 1.88 bits per heavy atom. The maximum atomic E-state index is 5.98. The van der Waals surface area contributed by atoms with Crippen molar-refractivity contribution in [2.24, 2.45) is 0 Å². The van der Waals surface area contributed by atoms with Crippen molar-refractivity contribution in [3.8, 4) is 0 Å². The van der Waals surface area contributed by atoms with Crippen LogP contribution in [0.25, 0.3) is 0 Å². The molecule has 2 nitrogen and oxygen atoms in total. The highest BCUT2D eigenvalue weighted by Gasteiger charge is 2.11. The minimum absolute atomic E-state index is 0.249. The first-order chi connectivity index (χ1) is 8.16. The van der Waals surface area contributed by atoms with E-state index in [1.165, 1.54) is 5.56 Å². The van der Waals surface area contributed by atoms with Crippen LogP contribution in [0.15, 0.2) is 47.3 Å². The Labute approximate surface area is 107 Å². The van der Waals surface area contributed by atoms with E-state index in [4.69, 9.17) is 16.0 Å². The molecule has 0 aliphatic rings. The average molecular weight is 250 g/mol. The number of nitrogens with one attached hydrogen (secondary N) is 1. The van der Waals surface area contributed by atoms with E-state index in [2.05, 4.69) is 25.2 Å². The van der Waals surface area contributed by atoms with E-state index in [9.17, 15) is 0 Å². The lowest BCUT2D eigenvalue weighted by molar-refractivity contribution is 0.486. The van der Waals surface area contributed by atoms with E-state index in [1.807, 2.05) is 24.3 Å². The van der Waals surface area contributed by atoms with Gasteiger partial charge in [-0.3, -0.25) is 0 Å². The Hall–Kier alpha value is -1.25. The summed E-state index contributed by atoms with van der Waals surface area (Å²) in [5.74, 6) is 0. The SMILES string of the molecule is CC(NC(C)c1cccc(Cl)c1)c1ccoc1. The third kappa shape index (κ3) is 3.11. The molecule has 0 bridgehead atoms. The van der Waals surface area contributed by atoms with Gasteiger partial charge >= 0.3 is 0 Å². The second-order valence-corrected chi connectivity index (χ2v) is 4.66. The van der Waals surface area contributed by atoms with E-state index in [0.29, 0.717) is 0 Å². The first-order valence-corrected chi connectivity index (χ1v) is 6.08. The van der Waals surface area contributed by atoms with Crippen LogP contribution in [-0.2, 0) is 0 Å². The predicted octanol–water partition coefficient (Wildman–Crippen LogP) is 4.34. The maximum absolute atomic E-state index is 5.98. The molecule has 0 saturated carbocycles. The van der Waals surface area contributed by atoms with Gasteiger partial charge in [-0.15, -0.1) is 0 Å². The standard InChI is InChI=1S/C14H16ClNO/c1-10(12-4-3-5-14(15)8-12)16-11(2)13-6-7-17-9-13/h3-11,16H,1-2H3. The molecule has 2 rings (SSSR count). The van der Waals surface area contributed by atoms with Gasteiger partial charge in [0.1, 0.15) is 0 Å². The fraction of sp³-hybridized carbons (Fsp3) is 0.286. The normalized spacial score (nSPS) is 14.5. The Bertz CT molecular complexity index is 467. The highest BCUT2D eigenvalue weighted by Crippen LogP contribution is 2.21. The van der Waals surface area contributed by atoms with E-state index >= 15 is 0 Å². The number of hydrogen-bond acceptors (Lipinski definition) is 2. The molecule has 0 aliphatic carbocycles. The van der Waals surface area contributed by atoms with Crippen LogP contribution in [-0.4, -0.2) is 0 Å². The Morgan fingerprint density at radius 1 is 1.12 bits per heavy atom. The van der Waals surface area contributed by atoms with Crippen LogP contribution in [0.1, 0.15) is 37.1 Å². The molecule has 1 aromatic heterocycles. The molecule has 0 aliphatic heterocycles. The van der Waals surface area contributed by atoms with Crippen molar-refractivity contribution in [3.63, 3.8) is 0 Å². The Balaban J connectivity index is 2.04. The topological polar surface area (TPSA) is 25.2 Å². The zero-order valence-electron chi connectivity index (χ0n) is 9.98. The fourth-order valence-electron chi connectivity index (χ4n) is 1.86. The van der Waals surface area contributed by atoms with Crippen LogP contribution < -0.4 is 5.32 Å². The number of halogens is 1. The molecule has 1 aromatic carbocycles. The summed E-state index contributed by atoms with van der Waals surface area (Å²) in [6.07, 6.45) is 3.46. The van der Waals surface area contributed by atoms with Gasteiger partial charge in [-0.25, -0.2) is 0 Å². The first-order valence-electron chi connectivity index (χ1n) is 5.70. The molecule has 90 valence electrons. The molecule has 17 heavy (non-hydrogen) atoms. The van der Waals surface area contributed by atoms with Gasteiger partial charge in [0.25, 0.3) is 0 Å². The molecule has 2 atom stereocenters. The summed E-state index contributed by atoms with van der Waals surface area (Å²) in [5.41, 5.74) is 2.34. The fourth-order valence-corrected chi connectivity index (χ4v) is 2.06. The van der Waals surface area contributed by atoms with E-state index < -0.39 is 0 Å². The first kappa shape index (κ1) is 12.2. The van der Waals surface area contributed by atoms with Crippen LogP contribution in [0.3, 0.4) is 0 Å². The molecule has 2 unspecified atom stereocenters. The highest BCUT2D eigenvalue weighted by atomic mass is 35.5. The molecule has 1 heterocycles. The average Bonchev–Trinajstić information content (AvgIpc) is 2.82. The van der Waals surface area contributed by atoms with Gasteiger partial charge in [0.2, 0.25) is 0 Å². The van der Waals surface area contributed by atoms with Crippen molar-refractivity contribution < 1.29 is 4.42 Å². The summed E-state index contributed by atoms with van der Waals surface area (Å²) >= 11 is 5.98. The van der Waals surface area contributed by atoms with Gasteiger partial charge in [0, 0.05) is 22.7 Å². The summed E-state index contributed by atoms with van der Waals surface area (Å²) in [4.78, 5) is 0. The van der Waals surface area contributed by atoms with Gasteiger partial charge < -0.3 is 9.73 Å². The van der Waals surface area contributed by atoms with Crippen LogP contribution >= 0.6 is 11.6 Å². The van der Waals surface area contributed by atoms with Crippen molar-refractivity contribution in [2.45, 2.75) is 25.9 Å². The van der Waals surface area contributed by atoms with Crippen LogP contribution in [0, 0.1) is 0 Å². The third-order valence-corrected chi connectivity index (χ3v) is 3.13. The quantitative estimate of drug-likeness (QED) is 0.872. The lowest BCUT2D eigenvalue weighted by Crippen LogP contribution is -2.22. The third-order valence-electron chi connectivity index (χ3n) is 2.89. The zero-order valence-corrected chi connectivity index (χ0v) is 10.7. The number of furan rings is 1. The molecular formula is C14H16ClNO. The monoisotopic (exact) mass is 249 g/mol. The van der Waals surface area contributed by atoms with Crippen LogP contribution in [0.5, 0.6) is 0 Å². The molecular weight excluding hydrogens is 234 g/mol. The smallest absolute Gasteiger partial charge is 0.0950 e. The maximum Gasteiger partial charge on any atom is 0.0950 e. The second kappa shape index (κ2) is 5.39. The molecule has 0 spiro atoms. The van der Waals surface area contributed by atoms with Gasteiger partial charge in [0.15, 0.2) is 0 Å². The molecule has 0 amide bonds. The van der Waals surface area contributed by atoms with E-state index in [0.717, 1.165) is 10.6 Å².